The lowest BCUT2D eigenvalue weighted by Crippen LogP contribution is -2.49. The van der Waals surface area contributed by atoms with Crippen molar-refractivity contribution < 1.29 is 19.1 Å². The van der Waals surface area contributed by atoms with Gasteiger partial charge in [0.05, 0.1) is 16.9 Å². The number of hydrogen-bond acceptors (Lipinski definition) is 6. The van der Waals surface area contributed by atoms with Gasteiger partial charge in [-0.1, -0.05) is 43.7 Å². The van der Waals surface area contributed by atoms with Crippen molar-refractivity contribution in [3.8, 4) is 0 Å². The van der Waals surface area contributed by atoms with Crippen LogP contribution >= 0.6 is 39.9 Å². The topological polar surface area (TPSA) is 73.6 Å². The number of thioether (sulfide) groups is 1. The second kappa shape index (κ2) is 7.43. The van der Waals surface area contributed by atoms with Crippen molar-refractivity contribution in [2.24, 2.45) is 0 Å². The molecule has 1 fully saturated rings. The lowest BCUT2D eigenvalue weighted by atomic mass is 10.1. The Morgan fingerprint density at radius 2 is 2.32 bits per heavy atom. The number of rotatable bonds is 6. The Kier molecular flexibility index (Phi) is 5.82. The third kappa shape index (κ3) is 3.80. The maximum Gasteiger partial charge on any atom is 0.266 e. The van der Waals surface area contributed by atoms with Gasteiger partial charge in [0.15, 0.2) is 4.67 Å². The Morgan fingerprint density at radius 3 is 2.86 bits per heavy atom. The van der Waals surface area contributed by atoms with Crippen LogP contribution in [0.4, 0.5) is 0 Å². The summed E-state index contributed by atoms with van der Waals surface area (Å²) in [5, 5.41) is 11.3. The third-order valence-corrected chi connectivity index (χ3v) is 4.86. The molecule has 0 saturated carbocycles. The van der Waals surface area contributed by atoms with Crippen LogP contribution in [-0.2, 0) is 9.59 Å². The molecule has 1 aromatic heterocycles. The SMILES string of the molecule is CCCC[C@H](C(=O)[O-])N1C(=O)/C(=C\c2ccc(Br)o2)SC1=S. The van der Waals surface area contributed by atoms with E-state index in [9.17, 15) is 14.7 Å². The number of halogens is 1. The van der Waals surface area contributed by atoms with E-state index >= 15 is 0 Å². The van der Waals surface area contributed by atoms with E-state index in [2.05, 4.69) is 15.9 Å². The molecule has 0 unspecified atom stereocenters. The lowest BCUT2D eigenvalue weighted by molar-refractivity contribution is -0.310. The van der Waals surface area contributed by atoms with Crippen molar-refractivity contribution in [3.63, 3.8) is 0 Å². The molecule has 0 aromatic carbocycles. The van der Waals surface area contributed by atoms with E-state index in [1.165, 1.54) is 0 Å². The zero-order valence-corrected chi connectivity index (χ0v) is 14.9. The van der Waals surface area contributed by atoms with Crippen molar-refractivity contribution in [1.82, 2.24) is 4.90 Å². The van der Waals surface area contributed by atoms with E-state index < -0.39 is 17.9 Å². The monoisotopic (exact) mass is 402 g/mol. The molecule has 0 spiro atoms. The highest BCUT2D eigenvalue weighted by atomic mass is 79.9. The van der Waals surface area contributed by atoms with Crippen LogP contribution in [0, 0.1) is 0 Å². The van der Waals surface area contributed by atoms with Crippen LogP contribution < -0.4 is 5.11 Å². The molecule has 1 amide bonds. The number of carbonyl (C=O) groups is 2. The summed E-state index contributed by atoms with van der Waals surface area (Å²) in [5.74, 6) is -1.22. The fourth-order valence-corrected chi connectivity index (χ4v) is 3.69. The molecule has 118 valence electrons. The number of carboxylic acid groups (broad SMARTS) is 1. The number of amides is 1. The molecule has 1 aromatic rings. The maximum atomic E-state index is 12.4. The maximum absolute atomic E-state index is 12.4. The highest BCUT2D eigenvalue weighted by Crippen LogP contribution is 2.35. The zero-order valence-electron chi connectivity index (χ0n) is 11.7. The molecule has 2 heterocycles. The molecule has 8 heteroatoms. The van der Waals surface area contributed by atoms with Gasteiger partial charge in [-0.25, -0.2) is 0 Å². The van der Waals surface area contributed by atoms with Crippen molar-refractivity contribution in [2.45, 2.75) is 32.2 Å². The Hall–Kier alpha value is -1.12. The van der Waals surface area contributed by atoms with Crippen LogP contribution in [-0.4, -0.2) is 27.1 Å². The van der Waals surface area contributed by atoms with Crippen LogP contribution in [0.2, 0.25) is 0 Å². The lowest BCUT2D eigenvalue weighted by Gasteiger charge is -2.27. The number of thiocarbonyl (C=S) groups is 1. The molecule has 0 N–H and O–H groups in total. The fraction of sp³-hybridized carbons (Fsp3) is 0.357. The minimum Gasteiger partial charge on any atom is -0.548 e. The minimum absolute atomic E-state index is 0.229. The molecular weight excluding hydrogens is 390 g/mol. The Bertz CT molecular complexity index is 641. The van der Waals surface area contributed by atoms with Crippen molar-refractivity contribution in [3.05, 3.63) is 27.5 Å². The minimum atomic E-state index is -1.29. The smallest absolute Gasteiger partial charge is 0.266 e. The number of nitrogens with zero attached hydrogens (tertiary/aromatic N) is 1. The van der Waals surface area contributed by atoms with Crippen molar-refractivity contribution in [1.29, 1.82) is 0 Å². The molecule has 1 aliphatic rings. The Morgan fingerprint density at radius 1 is 1.59 bits per heavy atom. The number of aliphatic carboxylic acids is 1. The second-order valence-corrected chi connectivity index (χ2v) is 7.13. The summed E-state index contributed by atoms with van der Waals surface area (Å²) in [7, 11) is 0. The predicted octanol–water partition coefficient (Wildman–Crippen LogP) is 2.55. The summed E-state index contributed by atoms with van der Waals surface area (Å²) in [5.41, 5.74) is 0. The average Bonchev–Trinajstić information content (AvgIpc) is 2.97. The van der Waals surface area contributed by atoms with Gasteiger partial charge in [-0.05, 0) is 34.5 Å². The quantitative estimate of drug-likeness (QED) is 0.537. The highest BCUT2D eigenvalue weighted by Gasteiger charge is 2.37. The van der Waals surface area contributed by atoms with E-state index in [4.69, 9.17) is 16.6 Å². The molecule has 22 heavy (non-hydrogen) atoms. The standard InChI is InChI=1S/C14H14BrNO4S2/c1-2-3-4-9(13(18)19)16-12(17)10(22-14(16)21)7-8-5-6-11(15)20-8/h5-7,9H,2-4H2,1H3,(H,18,19)/p-1/b10-7+/t9-/m1/s1. The normalized spacial score (nSPS) is 18.3. The first kappa shape index (κ1) is 17.2. The number of unbranched alkanes of at least 4 members (excludes halogenated alkanes) is 1. The second-order valence-electron chi connectivity index (χ2n) is 4.67. The van der Waals surface area contributed by atoms with E-state index in [-0.39, 0.29) is 4.32 Å². The summed E-state index contributed by atoms with van der Waals surface area (Å²) >= 11 is 9.41. The molecule has 2 rings (SSSR count). The van der Waals surface area contributed by atoms with Gasteiger partial charge in [0.25, 0.3) is 5.91 Å². The van der Waals surface area contributed by atoms with Gasteiger partial charge >= 0.3 is 0 Å². The van der Waals surface area contributed by atoms with Crippen LogP contribution in [0.5, 0.6) is 0 Å². The Labute approximate surface area is 145 Å². The van der Waals surface area contributed by atoms with Crippen LogP contribution in [0.3, 0.4) is 0 Å². The molecular formula is C14H13BrNO4S2-. The largest absolute Gasteiger partial charge is 0.548 e. The summed E-state index contributed by atoms with van der Waals surface area (Å²) in [6, 6.07) is 2.38. The van der Waals surface area contributed by atoms with Crippen molar-refractivity contribution in [2.75, 3.05) is 0 Å². The average molecular weight is 403 g/mol. The molecule has 1 atom stereocenters. The van der Waals surface area contributed by atoms with Gasteiger partial charge in [-0.2, -0.15) is 0 Å². The van der Waals surface area contributed by atoms with Gasteiger partial charge in [-0.15, -0.1) is 0 Å². The fourth-order valence-electron chi connectivity index (χ4n) is 2.03. The molecule has 5 nitrogen and oxygen atoms in total. The highest BCUT2D eigenvalue weighted by molar-refractivity contribution is 9.10. The number of carboxylic acids is 1. The van der Waals surface area contributed by atoms with Crippen LogP contribution in [0.25, 0.3) is 6.08 Å². The molecule has 1 saturated heterocycles. The number of hydrogen-bond donors (Lipinski definition) is 0. The predicted molar refractivity (Wildman–Crippen MR) is 89.7 cm³/mol. The van der Waals surface area contributed by atoms with Gasteiger partial charge in [-0.3, -0.25) is 9.69 Å². The first-order valence-electron chi connectivity index (χ1n) is 6.67. The molecule has 0 aliphatic carbocycles. The van der Waals surface area contributed by atoms with Gasteiger partial charge < -0.3 is 14.3 Å². The summed E-state index contributed by atoms with van der Waals surface area (Å²) < 4.78 is 6.10. The zero-order chi connectivity index (χ0) is 16.3. The molecule has 1 aliphatic heterocycles. The van der Waals surface area contributed by atoms with Crippen molar-refractivity contribution >= 4 is 62.2 Å². The Balaban J connectivity index is 2.23. The summed E-state index contributed by atoms with van der Waals surface area (Å²) in [4.78, 5) is 25.3. The van der Waals surface area contributed by atoms with Crippen LogP contribution in [0.15, 0.2) is 26.1 Å². The first-order valence-corrected chi connectivity index (χ1v) is 8.69. The van der Waals surface area contributed by atoms with E-state index in [1.807, 2.05) is 6.92 Å². The number of carbonyl (C=O) groups excluding carboxylic acids is 2. The third-order valence-electron chi connectivity index (χ3n) is 3.11. The van der Waals surface area contributed by atoms with Gasteiger partial charge in [0.1, 0.15) is 10.1 Å². The number of furan rings is 1. The van der Waals surface area contributed by atoms with Gasteiger partial charge in [0.2, 0.25) is 0 Å². The van der Waals surface area contributed by atoms with Crippen LogP contribution in [0.1, 0.15) is 31.9 Å². The first-order chi connectivity index (χ1) is 10.4. The molecule has 0 bridgehead atoms. The van der Waals surface area contributed by atoms with E-state index in [1.54, 1.807) is 18.2 Å². The summed E-state index contributed by atoms with van der Waals surface area (Å²) in [6.07, 6.45) is 3.38. The van der Waals surface area contributed by atoms with E-state index in [0.29, 0.717) is 28.2 Å². The molecule has 0 radical (unpaired) electrons. The van der Waals surface area contributed by atoms with E-state index in [0.717, 1.165) is 23.1 Å². The van der Waals surface area contributed by atoms with Gasteiger partial charge in [0, 0.05) is 6.08 Å². The summed E-state index contributed by atoms with van der Waals surface area (Å²) in [6.45, 7) is 1.95.